The van der Waals surface area contributed by atoms with Crippen molar-refractivity contribution in [2.45, 2.75) is 55.7 Å². The highest BCUT2D eigenvalue weighted by atomic mass is 32.2. The molecular weight excluding hydrogens is 308 g/mol. The molecule has 0 saturated heterocycles. The van der Waals surface area contributed by atoms with Gasteiger partial charge in [0.15, 0.2) is 0 Å². The summed E-state index contributed by atoms with van der Waals surface area (Å²) in [5.74, 6) is 0.545. The van der Waals surface area contributed by atoms with Crippen LogP contribution in [-0.4, -0.2) is 0 Å². The fourth-order valence-corrected chi connectivity index (χ4v) is 4.79. The van der Waals surface area contributed by atoms with Gasteiger partial charge in [0.1, 0.15) is 0 Å². The fourth-order valence-electron chi connectivity index (χ4n) is 3.62. The SMILES string of the molecule is CC(C)c1ccc2c3c(cccc13)-c1ccc(C(C)(C)C)cc1S2. The predicted molar refractivity (Wildman–Crippen MR) is 106 cm³/mol. The Hall–Kier alpha value is -1.73. The third-order valence-electron chi connectivity index (χ3n) is 5.02. The largest absolute Gasteiger partial charge is 0.0888 e. The standard InChI is InChI=1S/C23H24S/c1-14(2)16-11-12-20-22-18(16)7-6-8-19(22)17-10-9-15(23(3,4)5)13-21(17)24-20/h6-14H,1-5H3. The minimum absolute atomic E-state index is 0.184. The van der Waals surface area contributed by atoms with Crippen molar-refractivity contribution >= 4 is 22.5 Å². The molecule has 0 bridgehead atoms. The van der Waals surface area contributed by atoms with E-state index in [0.29, 0.717) is 5.92 Å². The summed E-state index contributed by atoms with van der Waals surface area (Å²) < 4.78 is 0. The molecule has 1 heterocycles. The molecule has 0 radical (unpaired) electrons. The lowest BCUT2D eigenvalue weighted by Crippen LogP contribution is -2.11. The van der Waals surface area contributed by atoms with Crippen LogP contribution in [0.1, 0.15) is 51.7 Å². The Morgan fingerprint density at radius 2 is 1.62 bits per heavy atom. The van der Waals surface area contributed by atoms with Crippen molar-refractivity contribution in [1.29, 1.82) is 0 Å². The molecule has 0 spiro atoms. The number of hydrogen-bond acceptors (Lipinski definition) is 1. The smallest absolute Gasteiger partial charge is 0.0207 e. The fraction of sp³-hybridized carbons (Fsp3) is 0.304. The van der Waals surface area contributed by atoms with Crippen molar-refractivity contribution in [2.75, 3.05) is 0 Å². The molecule has 0 aromatic heterocycles. The number of hydrogen-bond donors (Lipinski definition) is 0. The van der Waals surface area contributed by atoms with E-state index in [-0.39, 0.29) is 5.41 Å². The molecule has 0 nitrogen and oxygen atoms in total. The van der Waals surface area contributed by atoms with E-state index in [9.17, 15) is 0 Å². The second-order valence-corrected chi connectivity index (χ2v) is 9.18. The summed E-state index contributed by atoms with van der Waals surface area (Å²) in [6.07, 6.45) is 0. The van der Waals surface area contributed by atoms with Crippen LogP contribution in [0.2, 0.25) is 0 Å². The molecule has 0 atom stereocenters. The maximum absolute atomic E-state index is 2.39. The van der Waals surface area contributed by atoms with Crippen LogP contribution in [0.25, 0.3) is 21.9 Å². The normalized spacial score (nSPS) is 13.4. The number of benzene rings is 3. The minimum atomic E-state index is 0.184. The second-order valence-electron chi connectivity index (χ2n) is 8.10. The van der Waals surface area contributed by atoms with Crippen LogP contribution in [0.4, 0.5) is 0 Å². The lowest BCUT2D eigenvalue weighted by molar-refractivity contribution is 0.589. The van der Waals surface area contributed by atoms with Gasteiger partial charge in [-0.2, -0.15) is 0 Å². The molecule has 24 heavy (non-hydrogen) atoms. The first-order valence-corrected chi connectivity index (χ1v) is 9.56. The highest BCUT2D eigenvalue weighted by Gasteiger charge is 2.23. The number of rotatable bonds is 1. The van der Waals surface area contributed by atoms with E-state index in [1.165, 1.54) is 42.8 Å². The van der Waals surface area contributed by atoms with E-state index in [1.807, 2.05) is 11.8 Å². The first-order chi connectivity index (χ1) is 11.4. The molecule has 0 aliphatic carbocycles. The van der Waals surface area contributed by atoms with Crippen LogP contribution >= 0.6 is 11.8 Å². The molecule has 3 aromatic rings. The summed E-state index contributed by atoms with van der Waals surface area (Å²) >= 11 is 1.93. The van der Waals surface area contributed by atoms with Crippen molar-refractivity contribution < 1.29 is 0 Å². The molecular formula is C23H24S. The summed E-state index contributed by atoms with van der Waals surface area (Å²) in [4.78, 5) is 2.78. The summed E-state index contributed by atoms with van der Waals surface area (Å²) in [6, 6.07) is 18.4. The summed E-state index contributed by atoms with van der Waals surface area (Å²) in [7, 11) is 0. The van der Waals surface area contributed by atoms with E-state index in [0.717, 1.165) is 0 Å². The lowest BCUT2D eigenvalue weighted by atomic mass is 9.85. The molecule has 0 amide bonds. The van der Waals surface area contributed by atoms with Gasteiger partial charge in [-0.3, -0.25) is 0 Å². The third kappa shape index (κ3) is 2.38. The van der Waals surface area contributed by atoms with Crippen molar-refractivity contribution in [1.82, 2.24) is 0 Å². The van der Waals surface area contributed by atoms with Crippen LogP contribution in [0, 0.1) is 0 Å². The quantitative estimate of drug-likeness (QED) is 0.350. The molecule has 122 valence electrons. The zero-order chi connectivity index (χ0) is 17.1. The van der Waals surface area contributed by atoms with Crippen LogP contribution in [0.5, 0.6) is 0 Å². The summed E-state index contributed by atoms with van der Waals surface area (Å²) in [6.45, 7) is 11.4. The van der Waals surface area contributed by atoms with E-state index in [1.54, 1.807) is 0 Å². The van der Waals surface area contributed by atoms with E-state index >= 15 is 0 Å². The van der Waals surface area contributed by atoms with Gasteiger partial charge in [0.2, 0.25) is 0 Å². The van der Waals surface area contributed by atoms with Gasteiger partial charge in [0.25, 0.3) is 0 Å². The first-order valence-electron chi connectivity index (χ1n) is 8.74. The highest BCUT2D eigenvalue weighted by molar-refractivity contribution is 7.99. The van der Waals surface area contributed by atoms with Gasteiger partial charge in [-0.1, -0.05) is 82.8 Å². The van der Waals surface area contributed by atoms with Crippen LogP contribution in [0.3, 0.4) is 0 Å². The molecule has 1 aliphatic heterocycles. The van der Waals surface area contributed by atoms with E-state index in [4.69, 9.17) is 0 Å². The van der Waals surface area contributed by atoms with Crippen LogP contribution in [-0.2, 0) is 5.41 Å². The average Bonchev–Trinajstić information content (AvgIpc) is 2.53. The maximum atomic E-state index is 2.39. The molecule has 1 heteroatoms. The first kappa shape index (κ1) is 15.8. The topological polar surface area (TPSA) is 0 Å². The van der Waals surface area contributed by atoms with Crippen LogP contribution in [0.15, 0.2) is 58.3 Å². The summed E-state index contributed by atoms with van der Waals surface area (Å²) in [5.41, 5.74) is 5.81. The van der Waals surface area contributed by atoms with E-state index < -0.39 is 0 Å². The zero-order valence-corrected chi connectivity index (χ0v) is 15.9. The van der Waals surface area contributed by atoms with Crippen molar-refractivity contribution in [2.24, 2.45) is 0 Å². The van der Waals surface area contributed by atoms with Crippen molar-refractivity contribution in [3.63, 3.8) is 0 Å². The summed E-state index contributed by atoms with van der Waals surface area (Å²) in [5, 5.41) is 2.85. The number of fused-ring (bicyclic) bond motifs is 2. The molecule has 0 fully saturated rings. The Balaban J connectivity index is 2.00. The zero-order valence-electron chi connectivity index (χ0n) is 15.1. The van der Waals surface area contributed by atoms with Gasteiger partial charge >= 0.3 is 0 Å². The molecule has 1 aliphatic rings. The van der Waals surface area contributed by atoms with Crippen molar-refractivity contribution in [3.8, 4) is 11.1 Å². The van der Waals surface area contributed by atoms with Gasteiger partial charge in [-0.15, -0.1) is 0 Å². The Morgan fingerprint density at radius 3 is 2.33 bits per heavy atom. The molecule has 3 aromatic carbocycles. The predicted octanol–water partition coefficient (Wildman–Crippen LogP) is 7.39. The average molecular weight is 333 g/mol. The molecule has 0 N–H and O–H groups in total. The lowest BCUT2D eigenvalue weighted by Gasteiger charge is -2.25. The Labute approximate surface area is 149 Å². The Kier molecular flexibility index (Phi) is 3.54. The molecule has 0 unspecified atom stereocenters. The van der Waals surface area contributed by atoms with Gasteiger partial charge in [0.05, 0.1) is 0 Å². The highest BCUT2D eigenvalue weighted by Crippen LogP contribution is 2.49. The Bertz CT molecular complexity index is 942. The third-order valence-corrected chi connectivity index (χ3v) is 6.13. The van der Waals surface area contributed by atoms with Gasteiger partial charge in [0, 0.05) is 15.2 Å². The van der Waals surface area contributed by atoms with Gasteiger partial charge in [-0.05, 0) is 51.1 Å². The monoisotopic (exact) mass is 332 g/mol. The van der Waals surface area contributed by atoms with E-state index in [2.05, 4.69) is 83.1 Å². The Morgan fingerprint density at radius 1 is 0.833 bits per heavy atom. The maximum Gasteiger partial charge on any atom is 0.0207 e. The van der Waals surface area contributed by atoms with Crippen molar-refractivity contribution in [3.05, 3.63) is 59.7 Å². The van der Waals surface area contributed by atoms with Gasteiger partial charge in [-0.25, -0.2) is 0 Å². The van der Waals surface area contributed by atoms with Crippen LogP contribution < -0.4 is 0 Å². The van der Waals surface area contributed by atoms with Gasteiger partial charge < -0.3 is 0 Å². The molecule has 0 saturated carbocycles. The second kappa shape index (κ2) is 5.39. The molecule has 4 rings (SSSR count). The minimum Gasteiger partial charge on any atom is -0.0888 e.